The maximum absolute atomic E-state index is 12.4. The lowest BCUT2D eigenvalue weighted by Crippen LogP contribution is -2.45. The molecule has 1 amide bonds. The summed E-state index contributed by atoms with van der Waals surface area (Å²) >= 11 is 0. The molecule has 0 radical (unpaired) electrons. The topological polar surface area (TPSA) is 57.6 Å². The van der Waals surface area contributed by atoms with E-state index in [1.54, 1.807) is 35.4 Å². The molecule has 2 unspecified atom stereocenters. The molecule has 19 heavy (non-hydrogen) atoms. The van der Waals surface area contributed by atoms with Crippen molar-refractivity contribution in [3.63, 3.8) is 0 Å². The van der Waals surface area contributed by atoms with Crippen molar-refractivity contribution in [3.8, 4) is 0 Å². The summed E-state index contributed by atoms with van der Waals surface area (Å²) in [5.41, 5.74) is 0.592. The predicted octanol–water partition coefficient (Wildman–Crippen LogP) is 1.41. The Labute approximate surface area is 115 Å². The van der Waals surface area contributed by atoms with Crippen LogP contribution in [0.2, 0.25) is 0 Å². The number of nitrogens with zero attached hydrogens (tertiary/aromatic N) is 1. The number of amides is 1. The largest absolute Gasteiger partial charge is 0.394 e. The fourth-order valence-electron chi connectivity index (χ4n) is 2.41. The quantitative estimate of drug-likeness (QED) is 0.911. The Kier molecular flexibility index (Phi) is 4.71. The van der Waals surface area contributed by atoms with Crippen molar-refractivity contribution in [2.45, 2.75) is 30.2 Å². The zero-order chi connectivity index (χ0) is 13.8. The number of aliphatic hydroxyl groups excluding tert-OH is 1. The highest BCUT2D eigenvalue weighted by molar-refractivity contribution is 7.84. The number of aliphatic hydroxyl groups is 1. The lowest BCUT2D eigenvalue weighted by atomic mass is 10.0. The van der Waals surface area contributed by atoms with Crippen LogP contribution in [-0.2, 0) is 10.8 Å². The monoisotopic (exact) mass is 281 g/mol. The fraction of sp³-hybridized carbons (Fsp3) is 0.500. The first-order valence-electron chi connectivity index (χ1n) is 6.49. The number of carbonyl (C=O) groups is 1. The third-order valence-corrected chi connectivity index (χ3v) is 4.47. The Bertz CT molecular complexity index is 472. The van der Waals surface area contributed by atoms with Crippen molar-refractivity contribution in [2.24, 2.45) is 0 Å². The van der Waals surface area contributed by atoms with Gasteiger partial charge < -0.3 is 10.0 Å². The highest BCUT2D eigenvalue weighted by Crippen LogP contribution is 2.20. The van der Waals surface area contributed by atoms with E-state index in [0.717, 1.165) is 19.3 Å². The normalized spacial score (nSPS) is 21.2. The van der Waals surface area contributed by atoms with Crippen molar-refractivity contribution in [1.82, 2.24) is 4.90 Å². The minimum atomic E-state index is -1.03. The summed E-state index contributed by atoms with van der Waals surface area (Å²) < 4.78 is 11.3. The summed E-state index contributed by atoms with van der Waals surface area (Å²) in [6.45, 7) is 0.717. The van der Waals surface area contributed by atoms with Gasteiger partial charge in [0.1, 0.15) is 0 Å². The van der Waals surface area contributed by atoms with Gasteiger partial charge >= 0.3 is 0 Å². The van der Waals surface area contributed by atoms with Gasteiger partial charge in [0.05, 0.1) is 12.6 Å². The molecular weight excluding hydrogens is 262 g/mol. The third-order valence-electron chi connectivity index (χ3n) is 3.53. The molecule has 4 nitrogen and oxygen atoms in total. The van der Waals surface area contributed by atoms with Crippen molar-refractivity contribution in [3.05, 3.63) is 29.8 Å². The van der Waals surface area contributed by atoms with E-state index >= 15 is 0 Å². The molecule has 0 spiro atoms. The van der Waals surface area contributed by atoms with Crippen LogP contribution in [-0.4, -0.2) is 45.6 Å². The van der Waals surface area contributed by atoms with Crippen molar-refractivity contribution < 1.29 is 14.1 Å². The highest BCUT2D eigenvalue weighted by Gasteiger charge is 2.26. The van der Waals surface area contributed by atoms with Crippen LogP contribution < -0.4 is 0 Å². The van der Waals surface area contributed by atoms with E-state index in [-0.39, 0.29) is 18.6 Å². The lowest BCUT2D eigenvalue weighted by Gasteiger charge is -2.34. The summed E-state index contributed by atoms with van der Waals surface area (Å²) in [5, 5.41) is 9.34. The fourth-order valence-corrected chi connectivity index (χ4v) is 2.93. The van der Waals surface area contributed by atoms with E-state index in [4.69, 9.17) is 0 Å². The van der Waals surface area contributed by atoms with Crippen molar-refractivity contribution >= 4 is 16.7 Å². The van der Waals surface area contributed by atoms with E-state index in [0.29, 0.717) is 17.0 Å². The first-order chi connectivity index (χ1) is 9.13. The van der Waals surface area contributed by atoms with Gasteiger partial charge in [-0.15, -0.1) is 0 Å². The highest BCUT2D eigenvalue weighted by atomic mass is 32.2. The second-order valence-corrected chi connectivity index (χ2v) is 6.19. The zero-order valence-corrected chi connectivity index (χ0v) is 11.9. The van der Waals surface area contributed by atoms with Gasteiger partial charge in [0, 0.05) is 34.1 Å². The average Bonchev–Trinajstić information content (AvgIpc) is 2.46. The number of hydrogen-bond donors (Lipinski definition) is 1. The smallest absolute Gasteiger partial charge is 0.254 e. The summed E-state index contributed by atoms with van der Waals surface area (Å²) in [7, 11) is -1.03. The van der Waals surface area contributed by atoms with Crippen molar-refractivity contribution in [2.75, 3.05) is 19.4 Å². The number of rotatable bonds is 3. The maximum Gasteiger partial charge on any atom is 0.254 e. The molecule has 1 aliphatic rings. The molecule has 0 aromatic heterocycles. The molecule has 0 bridgehead atoms. The Morgan fingerprint density at radius 2 is 2.05 bits per heavy atom. The predicted molar refractivity (Wildman–Crippen MR) is 74.5 cm³/mol. The zero-order valence-electron chi connectivity index (χ0n) is 11.0. The lowest BCUT2D eigenvalue weighted by molar-refractivity contribution is 0.0503. The van der Waals surface area contributed by atoms with Gasteiger partial charge in [0.15, 0.2) is 0 Å². The molecule has 1 heterocycles. The molecule has 1 N–H and O–H groups in total. The van der Waals surface area contributed by atoms with Crippen LogP contribution in [0.25, 0.3) is 0 Å². The van der Waals surface area contributed by atoms with Gasteiger partial charge in [-0.05, 0) is 43.5 Å². The molecule has 1 fully saturated rings. The van der Waals surface area contributed by atoms with Gasteiger partial charge in [-0.25, -0.2) is 0 Å². The summed E-state index contributed by atoms with van der Waals surface area (Å²) in [5.74, 6) is -0.0489. The van der Waals surface area contributed by atoms with Crippen LogP contribution in [0.4, 0.5) is 0 Å². The molecule has 1 saturated heterocycles. The van der Waals surface area contributed by atoms with Crippen LogP contribution in [0.1, 0.15) is 29.6 Å². The van der Waals surface area contributed by atoms with Gasteiger partial charge in [-0.1, -0.05) is 0 Å². The summed E-state index contributed by atoms with van der Waals surface area (Å²) in [4.78, 5) is 14.9. The molecule has 0 aliphatic carbocycles. The van der Waals surface area contributed by atoms with E-state index in [2.05, 4.69) is 0 Å². The van der Waals surface area contributed by atoms with E-state index in [1.807, 2.05) is 0 Å². The Hall–Kier alpha value is -1.20. The molecule has 0 saturated carbocycles. The summed E-state index contributed by atoms with van der Waals surface area (Å²) in [6, 6.07) is 6.80. The van der Waals surface area contributed by atoms with Crippen LogP contribution >= 0.6 is 0 Å². The van der Waals surface area contributed by atoms with Crippen LogP contribution in [0, 0.1) is 0 Å². The first-order valence-corrected chi connectivity index (χ1v) is 8.04. The van der Waals surface area contributed by atoms with Gasteiger partial charge in [0.25, 0.3) is 5.91 Å². The van der Waals surface area contributed by atoms with E-state index in [1.165, 1.54) is 0 Å². The van der Waals surface area contributed by atoms with Gasteiger partial charge in [0.2, 0.25) is 0 Å². The molecular formula is C14H19NO3S. The number of benzene rings is 1. The number of likely N-dealkylation sites (tertiary alicyclic amines) is 1. The summed E-state index contributed by atoms with van der Waals surface area (Å²) in [6.07, 6.45) is 4.52. The van der Waals surface area contributed by atoms with E-state index < -0.39 is 10.8 Å². The number of piperidine rings is 1. The minimum absolute atomic E-state index is 0.0167. The molecule has 104 valence electrons. The van der Waals surface area contributed by atoms with E-state index in [9.17, 15) is 14.1 Å². The second-order valence-electron chi connectivity index (χ2n) is 4.81. The molecule has 1 aromatic carbocycles. The molecule has 1 aliphatic heterocycles. The SMILES string of the molecule is CS(=O)c1ccc(C(=O)N2CCCCC2CO)cc1. The number of hydrogen-bond acceptors (Lipinski definition) is 3. The Morgan fingerprint density at radius 1 is 1.37 bits per heavy atom. The minimum Gasteiger partial charge on any atom is -0.394 e. The van der Waals surface area contributed by atoms with Crippen LogP contribution in [0.3, 0.4) is 0 Å². The van der Waals surface area contributed by atoms with Gasteiger partial charge in [-0.3, -0.25) is 9.00 Å². The standard InChI is InChI=1S/C14H19NO3S/c1-19(18)13-7-5-11(6-8-13)14(17)15-9-3-2-4-12(15)10-16/h5-8,12,16H,2-4,9-10H2,1H3. The molecule has 1 aromatic rings. The molecule has 2 rings (SSSR count). The van der Waals surface area contributed by atoms with Gasteiger partial charge in [-0.2, -0.15) is 0 Å². The first kappa shape index (κ1) is 14.2. The Balaban J connectivity index is 2.16. The Morgan fingerprint density at radius 3 is 2.63 bits per heavy atom. The van der Waals surface area contributed by atoms with Crippen LogP contribution in [0.15, 0.2) is 29.2 Å². The maximum atomic E-state index is 12.4. The number of carbonyl (C=O) groups excluding carboxylic acids is 1. The third kappa shape index (κ3) is 3.22. The second kappa shape index (κ2) is 6.30. The molecule has 5 heteroatoms. The van der Waals surface area contributed by atoms with Crippen molar-refractivity contribution in [1.29, 1.82) is 0 Å². The van der Waals surface area contributed by atoms with Crippen LogP contribution in [0.5, 0.6) is 0 Å². The average molecular weight is 281 g/mol. The molecule has 2 atom stereocenters.